The van der Waals surface area contributed by atoms with Crippen LogP contribution >= 0.6 is 15.9 Å². The second-order valence-electron chi connectivity index (χ2n) is 4.17. The summed E-state index contributed by atoms with van der Waals surface area (Å²) < 4.78 is 27.4. The van der Waals surface area contributed by atoms with Crippen LogP contribution < -0.4 is 4.72 Å². The van der Waals surface area contributed by atoms with Crippen molar-refractivity contribution in [3.05, 3.63) is 52.8 Å². The summed E-state index contributed by atoms with van der Waals surface area (Å²) in [6.45, 7) is 0. The zero-order chi connectivity index (χ0) is 15.5. The van der Waals surface area contributed by atoms with Crippen molar-refractivity contribution in [2.45, 2.75) is 11.3 Å². The molecule has 0 aliphatic heterocycles. The highest BCUT2D eigenvalue weighted by Gasteiger charge is 2.14. The standard InChI is InChI=1S/C13H11BrN2O4S/c14-9-1-5-12(6-2-9)21(19,20)16-11-4-3-10(15-8-11)7-13(17)18/h1-6,8,16H,7H2,(H,17,18). The van der Waals surface area contributed by atoms with E-state index in [2.05, 4.69) is 25.6 Å². The van der Waals surface area contributed by atoms with Gasteiger partial charge in [0.15, 0.2) is 0 Å². The lowest BCUT2D eigenvalue weighted by Crippen LogP contribution is -2.13. The van der Waals surface area contributed by atoms with Gasteiger partial charge in [0.2, 0.25) is 0 Å². The highest BCUT2D eigenvalue weighted by Crippen LogP contribution is 2.18. The minimum absolute atomic E-state index is 0.125. The summed E-state index contributed by atoms with van der Waals surface area (Å²) in [6, 6.07) is 9.14. The van der Waals surface area contributed by atoms with Crippen LogP contribution in [0.3, 0.4) is 0 Å². The van der Waals surface area contributed by atoms with E-state index in [-0.39, 0.29) is 17.0 Å². The first-order valence-corrected chi connectivity index (χ1v) is 8.09. The fourth-order valence-corrected chi connectivity index (χ4v) is 2.88. The lowest BCUT2D eigenvalue weighted by molar-refractivity contribution is -0.136. The van der Waals surface area contributed by atoms with Crippen molar-refractivity contribution >= 4 is 37.6 Å². The van der Waals surface area contributed by atoms with E-state index in [0.29, 0.717) is 5.69 Å². The predicted molar refractivity (Wildman–Crippen MR) is 80.5 cm³/mol. The van der Waals surface area contributed by atoms with E-state index in [1.54, 1.807) is 12.1 Å². The monoisotopic (exact) mass is 370 g/mol. The molecule has 2 aromatic rings. The van der Waals surface area contributed by atoms with Gasteiger partial charge >= 0.3 is 5.97 Å². The molecule has 21 heavy (non-hydrogen) atoms. The third-order valence-electron chi connectivity index (χ3n) is 2.53. The molecule has 8 heteroatoms. The van der Waals surface area contributed by atoms with Gasteiger partial charge in [-0.3, -0.25) is 14.5 Å². The molecule has 0 bridgehead atoms. The van der Waals surface area contributed by atoms with E-state index in [1.807, 2.05) is 0 Å². The first kappa shape index (κ1) is 15.5. The van der Waals surface area contributed by atoms with Crippen LogP contribution in [0, 0.1) is 0 Å². The average molecular weight is 371 g/mol. The summed E-state index contributed by atoms with van der Waals surface area (Å²) in [7, 11) is -3.69. The number of halogens is 1. The van der Waals surface area contributed by atoms with Gasteiger partial charge in [-0.25, -0.2) is 8.42 Å². The number of nitrogens with zero attached hydrogens (tertiary/aromatic N) is 1. The predicted octanol–water partition coefficient (Wildman–Crippen LogP) is 2.27. The quantitative estimate of drug-likeness (QED) is 0.841. The largest absolute Gasteiger partial charge is 0.481 e. The molecule has 0 saturated heterocycles. The van der Waals surface area contributed by atoms with Crippen molar-refractivity contribution in [3.8, 4) is 0 Å². The molecule has 110 valence electrons. The maximum Gasteiger partial charge on any atom is 0.309 e. The molecule has 0 unspecified atom stereocenters. The molecule has 0 aliphatic rings. The molecule has 1 heterocycles. The highest BCUT2D eigenvalue weighted by atomic mass is 79.9. The summed E-state index contributed by atoms with van der Waals surface area (Å²) in [5, 5.41) is 8.64. The van der Waals surface area contributed by atoms with Gasteiger partial charge in [-0.1, -0.05) is 15.9 Å². The van der Waals surface area contributed by atoms with E-state index in [0.717, 1.165) is 4.47 Å². The van der Waals surface area contributed by atoms with E-state index in [9.17, 15) is 13.2 Å². The van der Waals surface area contributed by atoms with Crippen molar-refractivity contribution in [2.24, 2.45) is 0 Å². The van der Waals surface area contributed by atoms with Crippen LogP contribution in [0.5, 0.6) is 0 Å². The Morgan fingerprint density at radius 1 is 1.19 bits per heavy atom. The molecule has 6 nitrogen and oxygen atoms in total. The molecule has 0 spiro atoms. The summed E-state index contributed by atoms with van der Waals surface area (Å²) in [5.74, 6) is -0.995. The van der Waals surface area contributed by atoms with Crippen molar-refractivity contribution in [2.75, 3.05) is 4.72 Å². The van der Waals surface area contributed by atoms with Crippen molar-refractivity contribution in [1.82, 2.24) is 4.98 Å². The van der Waals surface area contributed by atoms with Crippen LogP contribution in [0.2, 0.25) is 0 Å². The van der Waals surface area contributed by atoms with E-state index >= 15 is 0 Å². The Kier molecular flexibility index (Phi) is 4.59. The highest BCUT2D eigenvalue weighted by molar-refractivity contribution is 9.10. The van der Waals surface area contributed by atoms with Crippen LogP contribution in [-0.2, 0) is 21.2 Å². The topological polar surface area (TPSA) is 96.4 Å². The zero-order valence-electron chi connectivity index (χ0n) is 10.7. The van der Waals surface area contributed by atoms with Crippen LogP contribution in [0.15, 0.2) is 52.0 Å². The maximum absolute atomic E-state index is 12.1. The number of carboxylic acids is 1. The van der Waals surface area contributed by atoms with Gasteiger partial charge in [0, 0.05) is 4.47 Å². The lowest BCUT2D eigenvalue weighted by atomic mass is 10.3. The van der Waals surface area contributed by atoms with E-state index in [1.165, 1.54) is 30.5 Å². The van der Waals surface area contributed by atoms with E-state index in [4.69, 9.17) is 5.11 Å². The molecule has 2 rings (SSSR count). The number of hydrogen-bond acceptors (Lipinski definition) is 4. The van der Waals surface area contributed by atoms with Crippen molar-refractivity contribution < 1.29 is 18.3 Å². The molecule has 0 radical (unpaired) electrons. The number of pyridine rings is 1. The average Bonchev–Trinajstić information content (AvgIpc) is 2.40. The number of carbonyl (C=O) groups is 1. The van der Waals surface area contributed by atoms with Crippen molar-refractivity contribution in [3.63, 3.8) is 0 Å². The van der Waals surface area contributed by atoms with E-state index < -0.39 is 16.0 Å². The summed E-state index contributed by atoms with van der Waals surface area (Å²) >= 11 is 3.23. The molecular formula is C13H11BrN2O4S. The summed E-state index contributed by atoms with van der Waals surface area (Å²) in [4.78, 5) is 14.6. The fraction of sp³-hybridized carbons (Fsp3) is 0.0769. The molecular weight excluding hydrogens is 360 g/mol. The van der Waals surface area contributed by atoms with Gasteiger partial charge in [-0.05, 0) is 36.4 Å². The smallest absolute Gasteiger partial charge is 0.309 e. The normalized spacial score (nSPS) is 11.1. The molecule has 0 amide bonds. The first-order chi connectivity index (χ1) is 9.87. The lowest BCUT2D eigenvalue weighted by Gasteiger charge is -2.08. The van der Waals surface area contributed by atoms with Gasteiger partial charge in [0.05, 0.1) is 28.9 Å². The third-order valence-corrected chi connectivity index (χ3v) is 4.46. The molecule has 1 aromatic carbocycles. The zero-order valence-corrected chi connectivity index (χ0v) is 13.1. The fourth-order valence-electron chi connectivity index (χ4n) is 1.57. The number of nitrogens with one attached hydrogen (secondary N) is 1. The van der Waals surface area contributed by atoms with Gasteiger partial charge in [0.1, 0.15) is 0 Å². The van der Waals surface area contributed by atoms with Crippen LogP contribution in [0.4, 0.5) is 5.69 Å². The Bertz CT molecular complexity index is 743. The SMILES string of the molecule is O=C(O)Cc1ccc(NS(=O)(=O)c2ccc(Br)cc2)cn1. The number of anilines is 1. The van der Waals surface area contributed by atoms with Gasteiger partial charge in [-0.15, -0.1) is 0 Å². The Morgan fingerprint density at radius 3 is 2.38 bits per heavy atom. The molecule has 1 aromatic heterocycles. The summed E-state index contributed by atoms with van der Waals surface area (Å²) in [5.41, 5.74) is 0.626. The number of rotatable bonds is 5. The molecule has 0 fully saturated rings. The minimum Gasteiger partial charge on any atom is -0.481 e. The Labute approximate surface area is 130 Å². The number of benzene rings is 1. The second kappa shape index (κ2) is 6.23. The molecule has 2 N–H and O–H groups in total. The Morgan fingerprint density at radius 2 is 1.86 bits per heavy atom. The number of carboxylic acid groups (broad SMARTS) is 1. The molecule has 0 saturated carbocycles. The molecule has 0 aliphatic carbocycles. The number of hydrogen-bond donors (Lipinski definition) is 2. The van der Waals surface area contributed by atoms with Crippen LogP contribution in [-0.4, -0.2) is 24.5 Å². The summed E-state index contributed by atoms with van der Waals surface area (Å²) in [6.07, 6.45) is 1.08. The van der Waals surface area contributed by atoms with Gasteiger partial charge < -0.3 is 5.11 Å². The third kappa shape index (κ3) is 4.27. The number of sulfonamides is 1. The van der Waals surface area contributed by atoms with Crippen LogP contribution in [0.25, 0.3) is 0 Å². The molecule has 0 atom stereocenters. The first-order valence-electron chi connectivity index (χ1n) is 5.82. The Hall–Kier alpha value is -1.93. The maximum atomic E-state index is 12.1. The van der Waals surface area contributed by atoms with Crippen LogP contribution in [0.1, 0.15) is 5.69 Å². The van der Waals surface area contributed by atoms with Gasteiger partial charge in [0.25, 0.3) is 10.0 Å². The minimum atomic E-state index is -3.69. The Balaban J connectivity index is 2.16. The van der Waals surface area contributed by atoms with Crippen molar-refractivity contribution in [1.29, 1.82) is 0 Å². The van der Waals surface area contributed by atoms with Gasteiger partial charge in [-0.2, -0.15) is 0 Å². The number of aliphatic carboxylic acids is 1. The second-order valence-corrected chi connectivity index (χ2v) is 6.77. The number of aromatic nitrogens is 1.